The Kier molecular flexibility index (Phi) is 4.46. The number of carbonyl (C=O) groups excluding carboxylic acids is 1. The molecule has 4 aromatic rings. The van der Waals surface area contributed by atoms with Crippen LogP contribution < -0.4 is 10.1 Å². The SMILES string of the molecule is COc1ccc(-c2nn3c(C)nnc3s2)cc1NC(=O)c1cccnc1Cl. The average Bonchev–Trinajstić information content (AvgIpc) is 3.24. The van der Waals surface area contributed by atoms with Crippen LogP contribution in [0.2, 0.25) is 5.15 Å². The highest BCUT2D eigenvalue weighted by molar-refractivity contribution is 7.19. The number of rotatable bonds is 4. The summed E-state index contributed by atoms with van der Waals surface area (Å²) >= 11 is 7.41. The van der Waals surface area contributed by atoms with Crippen molar-refractivity contribution >= 4 is 39.5 Å². The van der Waals surface area contributed by atoms with Gasteiger partial charge in [-0.2, -0.15) is 9.61 Å². The summed E-state index contributed by atoms with van der Waals surface area (Å²) in [6, 6.07) is 8.68. The summed E-state index contributed by atoms with van der Waals surface area (Å²) in [6.45, 7) is 1.83. The van der Waals surface area contributed by atoms with Crippen LogP contribution in [0.5, 0.6) is 5.75 Å². The number of aromatic nitrogens is 5. The van der Waals surface area contributed by atoms with Gasteiger partial charge in [0.25, 0.3) is 5.91 Å². The minimum Gasteiger partial charge on any atom is -0.495 e. The highest BCUT2D eigenvalue weighted by atomic mass is 35.5. The number of methoxy groups -OCH3 is 1. The largest absolute Gasteiger partial charge is 0.495 e. The molecule has 0 fully saturated rings. The van der Waals surface area contributed by atoms with Crippen LogP contribution in [0, 0.1) is 6.92 Å². The summed E-state index contributed by atoms with van der Waals surface area (Å²) in [5.41, 5.74) is 1.60. The molecule has 0 aliphatic rings. The Morgan fingerprint density at radius 2 is 2.15 bits per heavy atom. The first-order valence-electron chi connectivity index (χ1n) is 7.86. The molecule has 27 heavy (non-hydrogen) atoms. The number of amides is 1. The van der Waals surface area contributed by atoms with Crippen LogP contribution in [0.25, 0.3) is 15.5 Å². The molecule has 10 heteroatoms. The minimum absolute atomic E-state index is 0.134. The second-order valence-corrected chi connectivity index (χ2v) is 6.87. The van der Waals surface area contributed by atoms with E-state index in [0.717, 1.165) is 10.6 Å². The molecule has 1 N–H and O–H groups in total. The monoisotopic (exact) mass is 400 g/mol. The van der Waals surface area contributed by atoms with Crippen LogP contribution in [0.1, 0.15) is 16.2 Å². The fourth-order valence-corrected chi connectivity index (χ4v) is 3.60. The maximum atomic E-state index is 12.6. The van der Waals surface area contributed by atoms with Crippen LogP contribution in [0.3, 0.4) is 0 Å². The molecule has 0 radical (unpaired) electrons. The van der Waals surface area contributed by atoms with Crippen molar-refractivity contribution in [3.63, 3.8) is 0 Å². The number of halogens is 1. The number of pyridine rings is 1. The van der Waals surface area contributed by atoms with E-state index < -0.39 is 0 Å². The first-order chi connectivity index (χ1) is 13.1. The van der Waals surface area contributed by atoms with Crippen molar-refractivity contribution < 1.29 is 9.53 Å². The average molecular weight is 401 g/mol. The van der Waals surface area contributed by atoms with Gasteiger partial charge in [-0.1, -0.05) is 22.9 Å². The molecule has 0 atom stereocenters. The quantitative estimate of drug-likeness (QED) is 0.527. The number of anilines is 1. The summed E-state index contributed by atoms with van der Waals surface area (Å²) in [5, 5.41) is 16.3. The third kappa shape index (κ3) is 3.22. The van der Waals surface area contributed by atoms with Crippen LogP contribution in [0.15, 0.2) is 36.5 Å². The maximum Gasteiger partial charge on any atom is 0.258 e. The number of carbonyl (C=O) groups is 1. The van der Waals surface area contributed by atoms with Gasteiger partial charge < -0.3 is 10.1 Å². The fourth-order valence-electron chi connectivity index (χ4n) is 2.52. The van der Waals surface area contributed by atoms with Crippen LogP contribution in [-0.4, -0.2) is 37.8 Å². The molecule has 0 unspecified atom stereocenters. The third-order valence-corrected chi connectivity index (χ3v) is 5.09. The number of nitrogens with zero attached hydrogens (tertiary/aromatic N) is 5. The molecule has 4 rings (SSSR count). The van der Waals surface area contributed by atoms with E-state index in [0.29, 0.717) is 22.2 Å². The lowest BCUT2D eigenvalue weighted by molar-refractivity contribution is 0.102. The zero-order chi connectivity index (χ0) is 19.0. The summed E-state index contributed by atoms with van der Waals surface area (Å²) in [5.74, 6) is 0.851. The lowest BCUT2D eigenvalue weighted by atomic mass is 10.2. The molecule has 1 amide bonds. The van der Waals surface area contributed by atoms with Crippen molar-refractivity contribution in [2.75, 3.05) is 12.4 Å². The molecule has 0 saturated carbocycles. The summed E-state index contributed by atoms with van der Waals surface area (Å²) in [4.78, 5) is 17.2. The van der Waals surface area contributed by atoms with Gasteiger partial charge in [0.1, 0.15) is 15.9 Å². The Balaban J connectivity index is 1.70. The zero-order valence-electron chi connectivity index (χ0n) is 14.3. The molecule has 0 aliphatic heterocycles. The normalized spacial score (nSPS) is 10.9. The van der Waals surface area contributed by atoms with E-state index in [9.17, 15) is 4.79 Å². The molecular weight excluding hydrogens is 388 g/mol. The molecule has 8 nitrogen and oxygen atoms in total. The van der Waals surface area contributed by atoms with Crippen molar-refractivity contribution in [3.8, 4) is 16.3 Å². The number of aryl methyl sites for hydroxylation is 1. The second kappa shape index (κ2) is 6.93. The van der Waals surface area contributed by atoms with Crippen molar-refractivity contribution in [1.82, 2.24) is 24.8 Å². The van der Waals surface area contributed by atoms with Crippen LogP contribution in [-0.2, 0) is 0 Å². The van der Waals surface area contributed by atoms with Crippen molar-refractivity contribution in [3.05, 3.63) is 53.1 Å². The molecular formula is C17H13ClN6O2S. The van der Waals surface area contributed by atoms with Crippen LogP contribution in [0.4, 0.5) is 5.69 Å². The Morgan fingerprint density at radius 1 is 1.30 bits per heavy atom. The van der Waals surface area contributed by atoms with Gasteiger partial charge in [-0.25, -0.2) is 4.98 Å². The summed E-state index contributed by atoms with van der Waals surface area (Å²) in [7, 11) is 1.54. The fraction of sp³-hybridized carbons (Fsp3) is 0.118. The van der Waals surface area contributed by atoms with E-state index in [1.165, 1.54) is 24.6 Å². The number of ether oxygens (including phenoxy) is 1. The number of hydrogen-bond acceptors (Lipinski definition) is 7. The van der Waals surface area contributed by atoms with Gasteiger partial charge in [-0.15, -0.1) is 10.2 Å². The number of nitrogens with one attached hydrogen (secondary N) is 1. The Labute approximate surface area is 162 Å². The van der Waals surface area contributed by atoms with E-state index in [-0.39, 0.29) is 16.6 Å². The lowest BCUT2D eigenvalue weighted by Crippen LogP contribution is -2.13. The van der Waals surface area contributed by atoms with Gasteiger partial charge in [0, 0.05) is 11.8 Å². The second-order valence-electron chi connectivity index (χ2n) is 5.56. The van der Waals surface area contributed by atoms with Gasteiger partial charge in [0.15, 0.2) is 5.82 Å². The molecule has 0 spiro atoms. The first-order valence-corrected chi connectivity index (χ1v) is 9.05. The Morgan fingerprint density at radius 3 is 2.89 bits per heavy atom. The highest BCUT2D eigenvalue weighted by Gasteiger charge is 2.16. The van der Waals surface area contributed by atoms with Crippen molar-refractivity contribution in [1.29, 1.82) is 0 Å². The molecule has 0 bridgehead atoms. The van der Waals surface area contributed by atoms with Gasteiger partial charge in [-0.05, 0) is 37.3 Å². The molecule has 136 valence electrons. The topological polar surface area (TPSA) is 94.3 Å². The molecule has 3 aromatic heterocycles. The summed E-state index contributed by atoms with van der Waals surface area (Å²) in [6.07, 6.45) is 1.52. The van der Waals surface area contributed by atoms with E-state index in [1.807, 2.05) is 13.0 Å². The zero-order valence-corrected chi connectivity index (χ0v) is 15.9. The van der Waals surface area contributed by atoms with Gasteiger partial charge in [-0.3, -0.25) is 4.79 Å². The van der Waals surface area contributed by atoms with E-state index in [4.69, 9.17) is 16.3 Å². The maximum absolute atomic E-state index is 12.6. The van der Waals surface area contributed by atoms with E-state index in [2.05, 4.69) is 25.6 Å². The standard InChI is InChI=1S/C17H13ClN6O2S/c1-9-21-22-17-24(9)23-16(27-17)10-5-6-13(26-2)12(8-10)20-15(25)11-4-3-7-19-14(11)18/h3-8H,1-2H3,(H,20,25). The van der Waals surface area contributed by atoms with Crippen LogP contribution >= 0.6 is 22.9 Å². The number of fused-ring (bicyclic) bond motifs is 1. The summed E-state index contributed by atoms with van der Waals surface area (Å²) < 4.78 is 7.04. The third-order valence-electron chi connectivity index (χ3n) is 3.85. The number of benzene rings is 1. The predicted octanol–water partition coefficient (Wildman–Crippen LogP) is 3.47. The van der Waals surface area contributed by atoms with E-state index >= 15 is 0 Å². The molecule has 3 heterocycles. The Hall–Kier alpha value is -3.04. The molecule has 0 aliphatic carbocycles. The van der Waals surface area contributed by atoms with Gasteiger partial charge >= 0.3 is 0 Å². The van der Waals surface area contributed by atoms with Crippen molar-refractivity contribution in [2.45, 2.75) is 6.92 Å². The molecule has 1 aromatic carbocycles. The van der Waals surface area contributed by atoms with Crippen molar-refractivity contribution in [2.24, 2.45) is 0 Å². The van der Waals surface area contributed by atoms with E-state index in [1.54, 1.807) is 28.8 Å². The Bertz CT molecular complexity index is 1160. The highest BCUT2D eigenvalue weighted by Crippen LogP contribution is 2.33. The van der Waals surface area contributed by atoms with Gasteiger partial charge in [0.05, 0.1) is 18.4 Å². The molecule has 0 saturated heterocycles. The minimum atomic E-state index is -0.377. The lowest BCUT2D eigenvalue weighted by Gasteiger charge is -2.11. The van der Waals surface area contributed by atoms with Gasteiger partial charge in [0.2, 0.25) is 4.96 Å². The first kappa shape index (κ1) is 17.4. The predicted molar refractivity (Wildman–Crippen MR) is 103 cm³/mol. The smallest absolute Gasteiger partial charge is 0.258 e. The number of hydrogen-bond donors (Lipinski definition) is 1.